The summed E-state index contributed by atoms with van der Waals surface area (Å²) in [5.41, 5.74) is 0.278. The number of hydrogen-bond acceptors (Lipinski definition) is 5. The Morgan fingerprint density at radius 1 is 1.08 bits per heavy atom. The molecule has 0 aliphatic heterocycles. The molecule has 1 aromatic heterocycles. The number of rotatable bonds is 6. The second-order valence-corrected chi connectivity index (χ2v) is 5.33. The zero-order valence-electron chi connectivity index (χ0n) is 13.7. The number of carbonyl (C=O) groups excluding carboxylic acids is 2. The van der Waals surface area contributed by atoms with E-state index in [1.807, 2.05) is 24.3 Å². The summed E-state index contributed by atoms with van der Waals surface area (Å²) >= 11 is 0. The lowest BCUT2D eigenvalue weighted by Gasteiger charge is -2.10. The first kappa shape index (κ1) is 16.6. The Hall–Kier alpha value is -3.28. The van der Waals surface area contributed by atoms with Crippen LogP contribution >= 0.6 is 0 Å². The molecule has 0 saturated carbocycles. The van der Waals surface area contributed by atoms with Crippen LogP contribution in [0.5, 0.6) is 5.75 Å². The molecule has 0 saturated heterocycles. The molecule has 0 fully saturated rings. The van der Waals surface area contributed by atoms with Crippen molar-refractivity contribution in [1.82, 2.24) is 5.32 Å². The fraction of sp³-hybridized carbons (Fsp3) is 0.158. The Kier molecular flexibility index (Phi) is 4.99. The highest BCUT2D eigenvalue weighted by Gasteiger charge is 2.16. The van der Waals surface area contributed by atoms with Gasteiger partial charge in [-0.05, 0) is 35.0 Å². The monoisotopic (exact) mass is 339 g/mol. The van der Waals surface area contributed by atoms with E-state index in [0.29, 0.717) is 11.5 Å². The van der Waals surface area contributed by atoms with Crippen LogP contribution in [0.3, 0.4) is 0 Å². The van der Waals surface area contributed by atoms with Crippen molar-refractivity contribution in [3.63, 3.8) is 0 Å². The van der Waals surface area contributed by atoms with Crippen LogP contribution < -0.4 is 10.1 Å². The van der Waals surface area contributed by atoms with Gasteiger partial charge in [0.05, 0.1) is 19.9 Å². The topological polar surface area (TPSA) is 77.8 Å². The minimum absolute atomic E-state index is 0.239. The molecule has 0 bridgehead atoms. The lowest BCUT2D eigenvalue weighted by molar-refractivity contribution is -0.124. The maximum absolute atomic E-state index is 12.3. The van der Waals surface area contributed by atoms with Crippen LogP contribution in [0.1, 0.15) is 16.1 Å². The van der Waals surface area contributed by atoms with E-state index >= 15 is 0 Å². The summed E-state index contributed by atoms with van der Waals surface area (Å²) < 4.78 is 15.5. The number of esters is 1. The highest BCUT2D eigenvalue weighted by atomic mass is 16.5. The average molecular weight is 339 g/mol. The van der Waals surface area contributed by atoms with Crippen molar-refractivity contribution in [3.8, 4) is 5.75 Å². The maximum Gasteiger partial charge on any atom is 0.342 e. The number of hydrogen-bond donors (Lipinski definition) is 1. The molecule has 2 aromatic carbocycles. The van der Waals surface area contributed by atoms with Gasteiger partial charge in [0.1, 0.15) is 17.1 Å². The first-order valence-electron chi connectivity index (χ1n) is 7.70. The number of ether oxygens (including phenoxy) is 2. The van der Waals surface area contributed by atoms with E-state index in [-0.39, 0.29) is 18.7 Å². The predicted octanol–water partition coefficient (Wildman–Crippen LogP) is 2.91. The summed E-state index contributed by atoms with van der Waals surface area (Å²) in [5, 5.41) is 4.45. The summed E-state index contributed by atoms with van der Waals surface area (Å²) in [6, 6.07) is 14.5. The minimum Gasteiger partial charge on any atom is -0.496 e. The lowest BCUT2D eigenvalue weighted by Crippen LogP contribution is -2.28. The van der Waals surface area contributed by atoms with Crippen molar-refractivity contribution in [1.29, 1.82) is 0 Å². The fourth-order valence-electron chi connectivity index (χ4n) is 2.41. The zero-order chi connectivity index (χ0) is 17.6. The molecule has 25 heavy (non-hydrogen) atoms. The van der Waals surface area contributed by atoms with Crippen LogP contribution in [0, 0.1) is 0 Å². The van der Waals surface area contributed by atoms with Crippen LogP contribution in [0.2, 0.25) is 0 Å². The number of methoxy groups -OCH3 is 1. The van der Waals surface area contributed by atoms with E-state index in [2.05, 4.69) is 5.32 Å². The molecule has 0 radical (unpaired) electrons. The third-order valence-corrected chi connectivity index (χ3v) is 3.66. The van der Waals surface area contributed by atoms with Gasteiger partial charge in [-0.25, -0.2) is 4.79 Å². The van der Waals surface area contributed by atoms with E-state index < -0.39 is 11.9 Å². The molecule has 1 amide bonds. The van der Waals surface area contributed by atoms with E-state index in [4.69, 9.17) is 13.9 Å². The average Bonchev–Trinajstić information content (AvgIpc) is 3.16. The highest BCUT2D eigenvalue weighted by Crippen LogP contribution is 2.26. The molecular weight excluding hydrogens is 322 g/mol. The molecule has 6 heteroatoms. The molecular formula is C19H17NO5. The van der Waals surface area contributed by atoms with Gasteiger partial charge in [0.25, 0.3) is 5.91 Å². The van der Waals surface area contributed by atoms with Gasteiger partial charge in [0.2, 0.25) is 0 Å². The molecule has 6 nitrogen and oxygen atoms in total. The quantitative estimate of drug-likeness (QED) is 0.699. The Morgan fingerprint density at radius 2 is 1.84 bits per heavy atom. The molecule has 0 aliphatic rings. The van der Waals surface area contributed by atoms with Crippen LogP contribution in [0.4, 0.5) is 0 Å². The third-order valence-electron chi connectivity index (χ3n) is 3.66. The van der Waals surface area contributed by atoms with Crippen LogP contribution in [0.15, 0.2) is 59.2 Å². The normalized spacial score (nSPS) is 10.4. The van der Waals surface area contributed by atoms with Crippen molar-refractivity contribution in [2.75, 3.05) is 13.7 Å². The third kappa shape index (κ3) is 3.98. The maximum atomic E-state index is 12.3. The van der Waals surface area contributed by atoms with Gasteiger partial charge in [-0.2, -0.15) is 0 Å². The number of nitrogens with one attached hydrogen (secondary N) is 1. The van der Waals surface area contributed by atoms with Crippen LogP contribution in [-0.4, -0.2) is 25.6 Å². The Labute approximate surface area is 144 Å². The van der Waals surface area contributed by atoms with Gasteiger partial charge in [-0.15, -0.1) is 0 Å². The van der Waals surface area contributed by atoms with Crippen molar-refractivity contribution >= 4 is 22.6 Å². The first-order chi connectivity index (χ1) is 12.2. The molecule has 3 aromatic rings. The number of fused-ring (bicyclic) bond motifs is 1. The zero-order valence-corrected chi connectivity index (χ0v) is 13.7. The van der Waals surface area contributed by atoms with E-state index in [1.54, 1.807) is 24.3 Å². The van der Waals surface area contributed by atoms with Gasteiger partial charge in [-0.3, -0.25) is 4.79 Å². The van der Waals surface area contributed by atoms with Crippen molar-refractivity contribution in [2.24, 2.45) is 0 Å². The molecule has 3 rings (SSSR count). The first-order valence-corrected chi connectivity index (χ1v) is 7.70. The van der Waals surface area contributed by atoms with Gasteiger partial charge >= 0.3 is 5.97 Å². The van der Waals surface area contributed by atoms with Gasteiger partial charge in [0, 0.05) is 0 Å². The molecule has 128 valence electrons. The molecule has 0 unspecified atom stereocenters. The molecule has 0 aliphatic carbocycles. The van der Waals surface area contributed by atoms with Crippen molar-refractivity contribution in [3.05, 3.63) is 66.1 Å². The van der Waals surface area contributed by atoms with Crippen molar-refractivity contribution in [2.45, 2.75) is 6.54 Å². The number of carbonyl (C=O) groups is 2. The fourth-order valence-corrected chi connectivity index (χ4v) is 2.41. The number of benzene rings is 2. The van der Waals surface area contributed by atoms with Gasteiger partial charge in [-0.1, -0.05) is 24.3 Å². The summed E-state index contributed by atoms with van der Waals surface area (Å²) in [6.07, 6.45) is 1.52. The Bertz CT molecular complexity index is 886. The van der Waals surface area contributed by atoms with E-state index in [0.717, 1.165) is 10.8 Å². The second kappa shape index (κ2) is 7.53. The smallest absolute Gasteiger partial charge is 0.342 e. The van der Waals surface area contributed by atoms with Crippen molar-refractivity contribution < 1.29 is 23.5 Å². The number of furan rings is 1. The van der Waals surface area contributed by atoms with E-state index in [1.165, 1.54) is 13.4 Å². The Balaban J connectivity index is 1.64. The lowest BCUT2D eigenvalue weighted by atomic mass is 10.1. The Morgan fingerprint density at radius 3 is 2.52 bits per heavy atom. The van der Waals surface area contributed by atoms with Gasteiger partial charge < -0.3 is 19.2 Å². The van der Waals surface area contributed by atoms with Gasteiger partial charge in [0.15, 0.2) is 6.61 Å². The molecule has 1 heterocycles. The van der Waals surface area contributed by atoms with Crippen LogP contribution in [0.25, 0.3) is 10.8 Å². The standard InChI is InChI=1S/C19H17NO5/c1-23-17-10-14-6-3-2-5-13(14)9-16(17)19(22)25-12-18(21)20-11-15-7-4-8-24-15/h2-10H,11-12H2,1H3,(H,20,21). The molecule has 0 spiro atoms. The predicted molar refractivity (Wildman–Crippen MR) is 91.3 cm³/mol. The molecule has 1 N–H and O–H groups in total. The highest BCUT2D eigenvalue weighted by molar-refractivity contribution is 5.99. The number of amides is 1. The van der Waals surface area contributed by atoms with E-state index in [9.17, 15) is 9.59 Å². The van der Waals surface area contributed by atoms with Crippen LogP contribution in [-0.2, 0) is 16.1 Å². The minimum atomic E-state index is -0.615. The summed E-state index contributed by atoms with van der Waals surface area (Å²) in [4.78, 5) is 24.1. The SMILES string of the molecule is COc1cc2ccccc2cc1C(=O)OCC(=O)NCc1ccco1. The summed E-state index contributed by atoms with van der Waals surface area (Å²) in [6.45, 7) is -0.141. The molecule has 0 atom stereocenters. The second-order valence-electron chi connectivity index (χ2n) is 5.33. The summed E-state index contributed by atoms with van der Waals surface area (Å²) in [7, 11) is 1.48. The summed E-state index contributed by atoms with van der Waals surface area (Å²) in [5.74, 6) is -0.00386. The largest absolute Gasteiger partial charge is 0.496 e.